The molecule has 0 amide bonds. The van der Waals surface area contributed by atoms with Crippen molar-refractivity contribution in [1.29, 1.82) is 0 Å². The number of rotatable bonds is 3. The predicted octanol–water partition coefficient (Wildman–Crippen LogP) is 3.33. The van der Waals surface area contributed by atoms with Gasteiger partial charge >= 0.3 is 0 Å². The third-order valence-corrected chi connectivity index (χ3v) is 2.52. The van der Waals surface area contributed by atoms with E-state index < -0.39 is 0 Å². The van der Waals surface area contributed by atoms with Gasteiger partial charge in [-0.25, -0.2) is 0 Å². The molecule has 13 heavy (non-hydrogen) atoms. The van der Waals surface area contributed by atoms with Crippen LogP contribution in [0.5, 0.6) is 0 Å². The number of hydrogen-bond donors (Lipinski definition) is 1. The van der Waals surface area contributed by atoms with Crippen molar-refractivity contribution in [3.8, 4) is 0 Å². The molecule has 0 heterocycles. The molecule has 2 heteroatoms. The Bertz CT molecular complexity index is 301. The Hall–Kier alpha value is -0.890. The molecule has 0 radical (unpaired) electrons. The molecular weight excluding hydrogens is 178 g/mol. The molecule has 0 aliphatic carbocycles. The van der Waals surface area contributed by atoms with Gasteiger partial charge in [0.2, 0.25) is 0 Å². The Kier molecular flexibility index (Phi) is 3.90. The van der Waals surface area contributed by atoms with Crippen molar-refractivity contribution >= 4 is 17.4 Å². The van der Waals surface area contributed by atoms with Crippen LogP contribution in [-0.2, 0) is 0 Å². The zero-order chi connectivity index (χ0) is 9.68. The van der Waals surface area contributed by atoms with Gasteiger partial charge in [-0.15, -0.1) is 11.8 Å². The fourth-order valence-electron chi connectivity index (χ4n) is 0.909. The van der Waals surface area contributed by atoms with E-state index in [0.717, 1.165) is 11.4 Å². The maximum absolute atomic E-state index is 5.66. The first-order valence-electron chi connectivity index (χ1n) is 4.30. The first-order valence-corrected chi connectivity index (χ1v) is 5.29. The molecule has 2 N–H and O–H groups in total. The van der Waals surface area contributed by atoms with Crippen molar-refractivity contribution in [3.05, 3.63) is 35.9 Å². The van der Waals surface area contributed by atoms with Gasteiger partial charge in [-0.3, -0.25) is 0 Å². The number of allylic oxidation sites excluding steroid dienone is 1. The number of benzene rings is 1. The SMILES string of the molecule is CC(C)=CCSc1cccc(N)c1. The molecule has 1 rings (SSSR count). The van der Waals surface area contributed by atoms with Crippen LogP contribution in [0, 0.1) is 0 Å². The van der Waals surface area contributed by atoms with E-state index in [4.69, 9.17) is 5.73 Å². The summed E-state index contributed by atoms with van der Waals surface area (Å²) in [6.07, 6.45) is 2.22. The Morgan fingerprint density at radius 2 is 2.23 bits per heavy atom. The standard InChI is InChI=1S/C11H15NS/c1-9(2)6-7-13-11-5-3-4-10(12)8-11/h3-6,8H,7,12H2,1-2H3. The number of nitrogens with two attached hydrogens (primary N) is 1. The molecule has 1 nitrogen and oxygen atoms in total. The molecule has 0 atom stereocenters. The van der Waals surface area contributed by atoms with Gasteiger partial charge in [0.05, 0.1) is 0 Å². The van der Waals surface area contributed by atoms with E-state index in [0.29, 0.717) is 0 Å². The average Bonchev–Trinajstić information content (AvgIpc) is 2.03. The second kappa shape index (κ2) is 4.97. The summed E-state index contributed by atoms with van der Waals surface area (Å²) in [4.78, 5) is 1.23. The van der Waals surface area contributed by atoms with Gasteiger partial charge in [-0.1, -0.05) is 17.7 Å². The van der Waals surface area contributed by atoms with Crippen LogP contribution in [-0.4, -0.2) is 5.75 Å². The van der Waals surface area contributed by atoms with Crippen LogP contribution in [0.2, 0.25) is 0 Å². The lowest BCUT2D eigenvalue weighted by molar-refractivity contribution is 1.36. The van der Waals surface area contributed by atoms with Gasteiger partial charge < -0.3 is 5.73 Å². The second-order valence-corrected chi connectivity index (χ2v) is 4.26. The average molecular weight is 193 g/mol. The number of anilines is 1. The maximum Gasteiger partial charge on any atom is 0.0325 e. The summed E-state index contributed by atoms with van der Waals surface area (Å²) in [5.74, 6) is 1.02. The van der Waals surface area contributed by atoms with Crippen LogP contribution in [0.4, 0.5) is 5.69 Å². The molecule has 0 spiro atoms. The van der Waals surface area contributed by atoms with E-state index in [-0.39, 0.29) is 0 Å². The molecule has 0 saturated carbocycles. The second-order valence-electron chi connectivity index (χ2n) is 3.16. The number of nitrogen functional groups attached to an aromatic ring is 1. The largest absolute Gasteiger partial charge is 0.399 e. The lowest BCUT2D eigenvalue weighted by atomic mass is 10.3. The zero-order valence-corrected chi connectivity index (χ0v) is 8.90. The Labute approximate surface area is 84.0 Å². The van der Waals surface area contributed by atoms with E-state index >= 15 is 0 Å². The minimum atomic E-state index is 0.835. The van der Waals surface area contributed by atoms with Crippen molar-refractivity contribution in [2.75, 3.05) is 11.5 Å². The minimum Gasteiger partial charge on any atom is -0.399 e. The maximum atomic E-state index is 5.66. The summed E-state index contributed by atoms with van der Waals surface area (Å²) in [6, 6.07) is 7.98. The first-order chi connectivity index (χ1) is 6.18. The Morgan fingerprint density at radius 1 is 1.46 bits per heavy atom. The van der Waals surface area contributed by atoms with Crippen LogP contribution < -0.4 is 5.73 Å². The van der Waals surface area contributed by atoms with Crippen LogP contribution in [0.1, 0.15) is 13.8 Å². The molecular formula is C11H15NS. The highest BCUT2D eigenvalue weighted by Gasteiger charge is 1.91. The molecule has 0 bridgehead atoms. The van der Waals surface area contributed by atoms with Gasteiger partial charge in [0.1, 0.15) is 0 Å². The molecule has 0 aliphatic heterocycles. The monoisotopic (exact) mass is 193 g/mol. The Balaban J connectivity index is 2.50. The van der Waals surface area contributed by atoms with E-state index in [1.165, 1.54) is 10.5 Å². The van der Waals surface area contributed by atoms with E-state index in [2.05, 4.69) is 26.0 Å². The molecule has 70 valence electrons. The third-order valence-electron chi connectivity index (χ3n) is 1.60. The van der Waals surface area contributed by atoms with Crippen LogP contribution in [0.15, 0.2) is 40.8 Å². The topological polar surface area (TPSA) is 26.0 Å². The van der Waals surface area contributed by atoms with Crippen molar-refractivity contribution < 1.29 is 0 Å². The quantitative estimate of drug-likeness (QED) is 0.452. The molecule has 0 aromatic heterocycles. The highest BCUT2D eigenvalue weighted by atomic mass is 32.2. The predicted molar refractivity (Wildman–Crippen MR) is 61.0 cm³/mol. The summed E-state index contributed by atoms with van der Waals surface area (Å²) in [5.41, 5.74) is 7.85. The summed E-state index contributed by atoms with van der Waals surface area (Å²) in [6.45, 7) is 4.22. The van der Waals surface area contributed by atoms with Gasteiger partial charge in [-0.2, -0.15) is 0 Å². The van der Waals surface area contributed by atoms with Gasteiger partial charge in [0, 0.05) is 16.3 Å². The number of hydrogen-bond acceptors (Lipinski definition) is 2. The molecule has 0 fully saturated rings. The number of thioether (sulfide) groups is 1. The Morgan fingerprint density at radius 3 is 2.85 bits per heavy atom. The van der Waals surface area contributed by atoms with E-state index in [1.54, 1.807) is 11.8 Å². The van der Waals surface area contributed by atoms with Crippen molar-refractivity contribution in [1.82, 2.24) is 0 Å². The molecule has 0 aliphatic rings. The summed E-state index contributed by atoms with van der Waals surface area (Å²) >= 11 is 1.81. The van der Waals surface area contributed by atoms with Gasteiger partial charge in [0.15, 0.2) is 0 Å². The fraction of sp³-hybridized carbons (Fsp3) is 0.273. The van der Waals surface area contributed by atoms with Crippen molar-refractivity contribution in [2.45, 2.75) is 18.7 Å². The lowest BCUT2D eigenvalue weighted by Gasteiger charge is -1.99. The fourth-order valence-corrected chi connectivity index (χ4v) is 1.91. The van der Waals surface area contributed by atoms with E-state index in [9.17, 15) is 0 Å². The van der Waals surface area contributed by atoms with Crippen molar-refractivity contribution in [3.63, 3.8) is 0 Å². The third kappa shape index (κ3) is 4.04. The van der Waals surface area contributed by atoms with Gasteiger partial charge in [-0.05, 0) is 32.0 Å². The minimum absolute atomic E-state index is 0.835. The summed E-state index contributed by atoms with van der Waals surface area (Å²) in [5, 5.41) is 0. The normalized spacial score (nSPS) is 9.69. The molecule has 1 aromatic carbocycles. The lowest BCUT2D eigenvalue weighted by Crippen LogP contribution is -1.83. The van der Waals surface area contributed by atoms with Crippen LogP contribution >= 0.6 is 11.8 Å². The van der Waals surface area contributed by atoms with E-state index in [1.807, 2.05) is 18.2 Å². The first kappa shape index (κ1) is 10.2. The van der Waals surface area contributed by atoms with Crippen LogP contribution in [0.25, 0.3) is 0 Å². The molecule has 0 unspecified atom stereocenters. The van der Waals surface area contributed by atoms with Gasteiger partial charge in [0.25, 0.3) is 0 Å². The zero-order valence-electron chi connectivity index (χ0n) is 8.08. The molecule has 0 saturated heterocycles. The smallest absolute Gasteiger partial charge is 0.0325 e. The summed E-state index contributed by atoms with van der Waals surface area (Å²) < 4.78 is 0. The van der Waals surface area contributed by atoms with Crippen molar-refractivity contribution in [2.24, 2.45) is 0 Å². The summed E-state index contributed by atoms with van der Waals surface area (Å²) in [7, 11) is 0. The molecule has 1 aromatic rings. The highest BCUT2D eigenvalue weighted by Crippen LogP contribution is 2.20. The highest BCUT2D eigenvalue weighted by molar-refractivity contribution is 7.99. The van der Waals surface area contributed by atoms with Crippen LogP contribution in [0.3, 0.4) is 0 Å².